The number of rotatable bonds is 7. The zero-order valence-corrected chi connectivity index (χ0v) is 17.1. The molecule has 0 saturated carbocycles. The van der Waals surface area contributed by atoms with Gasteiger partial charge in [0.15, 0.2) is 0 Å². The Labute approximate surface area is 164 Å². The second-order valence-electron chi connectivity index (χ2n) is 7.14. The van der Waals surface area contributed by atoms with E-state index in [0.717, 1.165) is 5.56 Å². The van der Waals surface area contributed by atoms with E-state index in [2.05, 4.69) is 5.32 Å². The number of nitrogens with one attached hydrogen (secondary N) is 1. The van der Waals surface area contributed by atoms with Crippen molar-refractivity contribution in [1.82, 2.24) is 5.32 Å². The SMILES string of the molecule is CCOC(=O)C(F)(C(=O)OCC)[C@H](NC(=O)OC(C)(C)C)c1ccc(C)cc1. The summed E-state index contributed by atoms with van der Waals surface area (Å²) < 4.78 is 30.7. The van der Waals surface area contributed by atoms with Crippen molar-refractivity contribution < 1.29 is 33.0 Å². The molecule has 1 N–H and O–H groups in total. The van der Waals surface area contributed by atoms with Crippen LogP contribution in [0.15, 0.2) is 24.3 Å². The number of carbonyl (C=O) groups is 3. The van der Waals surface area contributed by atoms with Crippen LogP contribution in [-0.2, 0) is 23.8 Å². The third kappa shape index (κ3) is 5.94. The first-order valence-electron chi connectivity index (χ1n) is 9.05. The summed E-state index contributed by atoms with van der Waals surface area (Å²) in [5, 5.41) is 2.29. The van der Waals surface area contributed by atoms with E-state index < -0.39 is 35.3 Å². The highest BCUT2D eigenvalue weighted by Gasteiger charge is 2.58. The van der Waals surface area contributed by atoms with Crippen LogP contribution in [-0.4, -0.2) is 42.5 Å². The second kappa shape index (κ2) is 9.52. The minimum Gasteiger partial charge on any atom is -0.463 e. The maximum Gasteiger partial charge on any atom is 0.408 e. The molecule has 1 atom stereocenters. The Balaban J connectivity index is 3.45. The summed E-state index contributed by atoms with van der Waals surface area (Å²) in [6.07, 6.45) is -0.992. The van der Waals surface area contributed by atoms with Crippen LogP contribution < -0.4 is 5.32 Å². The minimum absolute atomic E-state index is 0.156. The minimum atomic E-state index is -3.29. The van der Waals surface area contributed by atoms with Crippen LogP contribution in [0.25, 0.3) is 0 Å². The van der Waals surface area contributed by atoms with Crippen molar-refractivity contribution in [3.8, 4) is 0 Å². The van der Waals surface area contributed by atoms with Gasteiger partial charge in [-0.05, 0) is 47.1 Å². The molecule has 0 aliphatic rings. The van der Waals surface area contributed by atoms with E-state index in [-0.39, 0.29) is 18.8 Å². The topological polar surface area (TPSA) is 90.9 Å². The van der Waals surface area contributed by atoms with E-state index in [1.54, 1.807) is 32.9 Å². The van der Waals surface area contributed by atoms with E-state index >= 15 is 4.39 Å². The molecule has 1 aromatic rings. The standard InChI is InChI=1S/C20H28FNO6/c1-7-26-16(23)20(21,17(24)27-8-2)15(14-11-9-13(3)10-12-14)22-18(25)28-19(4,5)6/h9-12,15H,7-8H2,1-6H3,(H,22,25)/t15-/m1/s1. The molecule has 28 heavy (non-hydrogen) atoms. The number of amides is 1. The van der Waals surface area contributed by atoms with E-state index in [0.29, 0.717) is 0 Å². The number of carbonyl (C=O) groups excluding carboxylic acids is 3. The third-order valence-corrected chi connectivity index (χ3v) is 3.61. The number of alkyl halides is 1. The molecule has 0 unspecified atom stereocenters. The molecule has 0 heterocycles. The molecule has 7 nitrogen and oxygen atoms in total. The van der Waals surface area contributed by atoms with Crippen molar-refractivity contribution in [3.63, 3.8) is 0 Å². The zero-order valence-electron chi connectivity index (χ0n) is 17.1. The third-order valence-electron chi connectivity index (χ3n) is 3.61. The Morgan fingerprint density at radius 2 is 1.46 bits per heavy atom. The van der Waals surface area contributed by atoms with Crippen LogP contribution in [0.4, 0.5) is 9.18 Å². The lowest BCUT2D eigenvalue weighted by Gasteiger charge is -2.31. The number of hydrogen-bond donors (Lipinski definition) is 1. The van der Waals surface area contributed by atoms with Gasteiger partial charge in [-0.2, -0.15) is 0 Å². The fourth-order valence-corrected chi connectivity index (χ4v) is 2.39. The Kier molecular flexibility index (Phi) is 7.96. The van der Waals surface area contributed by atoms with Crippen molar-refractivity contribution in [2.24, 2.45) is 0 Å². The zero-order chi connectivity index (χ0) is 21.5. The average molecular weight is 397 g/mol. The number of alkyl carbamates (subject to hydrolysis) is 1. The molecular formula is C20H28FNO6. The highest BCUT2D eigenvalue weighted by molar-refractivity contribution is 6.05. The first-order valence-corrected chi connectivity index (χ1v) is 9.05. The maximum absolute atomic E-state index is 16.0. The molecule has 0 fully saturated rings. The van der Waals surface area contributed by atoms with E-state index in [1.807, 2.05) is 6.92 Å². The van der Waals surface area contributed by atoms with Crippen molar-refractivity contribution in [1.29, 1.82) is 0 Å². The van der Waals surface area contributed by atoms with Gasteiger partial charge in [-0.3, -0.25) is 0 Å². The van der Waals surface area contributed by atoms with Gasteiger partial charge < -0.3 is 19.5 Å². The van der Waals surface area contributed by atoms with Crippen LogP contribution in [0.5, 0.6) is 0 Å². The lowest BCUT2D eigenvalue weighted by atomic mass is 9.89. The van der Waals surface area contributed by atoms with Gasteiger partial charge in [0.1, 0.15) is 11.6 Å². The first kappa shape index (κ1) is 23.4. The molecule has 0 aromatic heterocycles. The van der Waals surface area contributed by atoms with E-state index in [9.17, 15) is 14.4 Å². The number of aryl methyl sites for hydroxylation is 1. The summed E-state index contributed by atoms with van der Waals surface area (Å²) in [6.45, 7) is 9.36. The molecule has 1 rings (SSSR count). The van der Waals surface area contributed by atoms with Gasteiger partial charge in [-0.25, -0.2) is 18.8 Å². The summed E-state index contributed by atoms with van der Waals surface area (Å²) in [4.78, 5) is 37.2. The molecule has 1 aromatic carbocycles. The average Bonchev–Trinajstić information content (AvgIpc) is 2.58. The molecular weight excluding hydrogens is 369 g/mol. The molecule has 8 heteroatoms. The number of benzene rings is 1. The number of halogens is 1. The van der Waals surface area contributed by atoms with Gasteiger partial charge in [-0.1, -0.05) is 29.8 Å². The first-order chi connectivity index (χ1) is 13.0. The summed E-state index contributed by atoms with van der Waals surface area (Å²) in [5.41, 5.74) is -3.11. The molecule has 0 aliphatic heterocycles. The van der Waals surface area contributed by atoms with Crippen LogP contribution >= 0.6 is 0 Å². The Bertz CT molecular complexity index is 678. The Morgan fingerprint density at radius 1 is 1.00 bits per heavy atom. The van der Waals surface area contributed by atoms with Gasteiger partial charge in [-0.15, -0.1) is 0 Å². The lowest BCUT2D eigenvalue weighted by Crippen LogP contribution is -2.55. The predicted octanol–water partition coefficient (Wildman–Crippen LogP) is 3.40. The molecule has 0 bridgehead atoms. The van der Waals surface area contributed by atoms with Crippen molar-refractivity contribution in [2.45, 2.75) is 58.9 Å². The number of hydrogen-bond acceptors (Lipinski definition) is 6. The lowest BCUT2D eigenvalue weighted by molar-refractivity contribution is -0.177. The van der Waals surface area contributed by atoms with Gasteiger partial charge in [0.2, 0.25) is 0 Å². The summed E-state index contributed by atoms with van der Waals surface area (Å²) in [5.74, 6) is -2.90. The van der Waals surface area contributed by atoms with Gasteiger partial charge in [0, 0.05) is 0 Å². The smallest absolute Gasteiger partial charge is 0.408 e. The normalized spacial score (nSPS) is 12.7. The van der Waals surface area contributed by atoms with Crippen LogP contribution in [0.3, 0.4) is 0 Å². The van der Waals surface area contributed by atoms with Crippen molar-refractivity contribution in [2.75, 3.05) is 13.2 Å². The van der Waals surface area contributed by atoms with Gasteiger partial charge in [0.25, 0.3) is 0 Å². The second-order valence-corrected chi connectivity index (χ2v) is 7.14. The van der Waals surface area contributed by atoms with E-state index in [1.165, 1.54) is 26.0 Å². The molecule has 0 aliphatic carbocycles. The van der Waals surface area contributed by atoms with E-state index in [4.69, 9.17) is 14.2 Å². The Hall–Kier alpha value is -2.64. The van der Waals surface area contributed by atoms with Crippen LogP contribution in [0.2, 0.25) is 0 Å². The molecule has 156 valence electrons. The summed E-state index contributed by atoms with van der Waals surface area (Å²) in [6, 6.07) is 4.63. The van der Waals surface area contributed by atoms with Crippen molar-refractivity contribution in [3.05, 3.63) is 35.4 Å². The monoisotopic (exact) mass is 397 g/mol. The van der Waals surface area contributed by atoms with Crippen LogP contribution in [0.1, 0.15) is 51.8 Å². The van der Waals surface area contributed by atoms with Gasteiger partial charge >= 0.3 is 23.7 Å². The number of ether oxygens (including phenoxy) is 3. The van der Waals surface area contributed by atoms with Crippen molar-refractivity contribution >= 4 is 18.0 Å². The highest BCUT2D eigenvalue weighted by Crippen LogP contribution is 2.33. The largest absolute Gasteiger partial charge is 0.463 e. The summed E-state index contributed by atoms with van der Waals surface area (Å²) >= 11 is 0. The fourth-order valence-electron chi connectivity index (χ4n) is 2.39. The number of esters is 2. The fraction of sp³-hybridized carbons (Fsp3) is 0.550. The van der Waals surface area contributed by atoms with Gasteiger partial charge in [0.05, 0.1) is 13.2 Å². The molecule has 0 saturated heterocycles. The maximum atomic E-state index is 16.0. The molecule has 1 amide bonds. The van der Waals surface area contributed by atoms with Crippen LogP contribution in [0, 0.1) is 6.92 Å². The predicted molar refractivity (Wildman–Crippen MR) is 100 cm³/mol. The summed E-state index contributed by atoms with van der Waals surface area (Å²) in [7, 11) is 0. The quantitative estimate of drug-likeness (QED) is 0.431. The Morgan fingerprint density at radius 3 is 1.86 bits per heavy atom. The molecule has 0 radical (unpaired) electrons. The highest BCUT2D eigenvalue weighted by atomic mass is 19.1. The molecule has 0 spiro atoms.